The van der Waals surface area contributed by atoms with Crippen LogP contribution in [0.3, 0.4) is 0 Å². The van der Waals surface area contributed by atoms with Gasteiger partial charge in [0.1, 0.15) is 0 Å². The first kappa shape index (κ1) is 13.7. The Morgan fingerprint density at radius 2 is 1.84 bits per heavy atom. The lowest BCUT2D eigenvalue weighted by Crippen LogP contribution is -2.61. The normalized spacial score (nSPS) is 15.6. The fraction of sp³-hybridized carbons (Fsp3) is 0.429. The first-order valence-corrected chi connectivity index (χ1v) is 6.26. The largest absolute Gasteiger partial charge is 0.394 e. The Labute approximate surface area is 111 Å². The number of hydrogen-bond donors (Lipinski definition) is 2. The van der Waals surface area contributed by atoms with Crippen LogP contribution in [-0.4, -0.2) is 45.7 Å². The first-order chi connectivity index (χ1) is 9.09. The predicted octanol–water partition coefficient (Wildman–Crippen LogP) is 0.345. The summed E-state index contributed by atoms with van der Waals surface area (Å²) in [7, 11) is 0. The van der Waals surface area contributed by atoms with Crippen LogP contribution >= 0.6 is 0 Å². The lowest BCUT2D eigenvalue weighted by Gasteiger charge is -2.41. The highest BCUT2D eigenvalue weighted by atomic mass is 16.3. The molecule has 1 heterocycles. The highest BCUT2D eigenvalue weighted by Gasteiger charge is 2.44. The van der Waals surface area contributed by atoms with Crippen LogP contribution in [0, 0.1) is 0 Å². The summed E-state index contributed by atoms with van der Waals surface area (Å²) < 4.78 is 0. The summed E-state index contributed by atoms with van der Waals surface area (Å²) in [5.41, 5.74) is -0.0710. The molecule has 102 valence electrons. The van der Waals surface area contributed by atoms with Gasteiger partial charge in [0.25, 0.3) is 5.91 Å². The molecule has 2 rings (SSSR count). The van der Waals surface area contributed by atoms with Gasteiger partial charge in [0.05, 0.1) is 25.2 Å². The number of hydrogen-bond acceptors (Lipinski definition) is 4. The van der Waals surface area contributed by atoms with Gasteiger partial charge in [-0.05, 0) is 18.1 Å². The number of imide groups is 1. The maximum absolute atomic E-state index is 12.4. The van der Waals surface area contributed by atoms with Gasteiger partial charge in [-0.1, -0.05) is 25.1 Å². The summed E-state index contributed by atoms with van der Waals surface area (Å²) in [5, 5.41) is 19.0. The van der Waals surface area contributed by atoms with E-state index in [-0.39, 0.29) is 12.3 Å². The Bertz CT molecular complexity index is 500. The molecule has 0 bridgehead atoms. The van der Waals surface area contributed by atoms with Crippen molar-refractivity contribution in [3.63, 3.8) is 0 Å². The molecule has 0 atom stereocenters. The smallest absolute Gasteiger partial charge is 0.261 e. The molecule has 1 aromatic rings. The third-order valence-corrected chi connectivity index (χ3v) is 3.76. The highest BCUT2D eigenvalue weighted by Crippen LogP contribution is 2.28. The average Bonchev–Trinajstić information content (AvgIpc) is 2.44. The van der Waals surface area contributed by atoms with Gasteiger partial charge in [-0.2, -0.15) is 0 Å². The van der Waals surface area contributed by atoms with E-state index < -0.39 is 24.7 Å². The second-order valence-corrected chi connectivity index (χ2v) is 4.76. The maximum Gasteiger partial charge on any atom is 0.261 e. The van der Waals surface area contributed by atoms with Crippen molar-refractivity contribution >= 4 is 11.8 Å². The molecule has 0 aliphatic carbocycles. The lowest BCUT2D eigenvalue weighted by atomic mass is 9.89. The van der Waals surface area contributed by atoms with Gasteiger partial charge in [0.15, 0.2) is 0 Å². The number of amides is 2. The van der Waals surface area contributed by atoms with Crippen LogP contribution in [0.2, 0.25) is 0 Å². The van der Waals surface area contributed by atoms with E-state index in [9.17, 15) is 19.8 Å². The van der Waals surface area contributed by atoms with Gasteiger partial charge in [-0.25, -0.2) is 0 Å². The van der Waals surface area contributed by atoms with Crippen molar-refractivity contribution in [3.05, 3.63) is 35.4 Å². The molecule has 0 fully saturated rings. The van der Waals surface area contributed by atoms with E-state index in [4.69, 9.17) is 0 Å². The second kappa shape index (κ2) is 5.11. The summed E-state index contributed by atoms with van der Waals surface area (Å²) in [6.45, 7) is 0.840. The predicted molar refractivity (Wildman–Crippen MR) is 68.5 cm³/mol. The minimum absolute atomic E-state index is 0.115. The molecule has 5 nitrogen and oxygen atoms in total. The Hall–Kier alpha value is -1.72. The summed E-state index contributed by atoms with van der Waals surface area (Å²) in [4.78, 5) is 25.6. The van der Waals surface area contributed by atoms with E-state index in [2.05, 4.69) is 0 Å². The molecular weight excluding hydrogens is 246 g/mol. The summed E-state index contributed by atoms with van der Waals surface area (Å²) in [5.74, 6) is -0.828. The molecule has 0 saturated carbocycles. The van der Waals surface area contributed by atoms with E-state index in [0.717, 1.165) is 4.90 Å². The van der Waals surface area contributed by atoms with E-state index in [0.29, 0.717) is 17.5 Å². The Kier molecular flexibility index (Phi) is 3.68. The monoisotopic (exact) mass is 263 g/mol. The standard InChI is InChI=1S/C14H17NO4/c1-2-14(8-16,9-17)15-12(18)7-10-5-3-4-6-11(10)13(15)19/h3-6,16-17H,2,7-9H2,1H3. The minimum Gasteiger partial charge on any atom is -0.394 e. The summed E-state index contributed by atoms with van der Waals surface area (Å²) >= 11 is 0. The van der Waals surface area contributed by atoms with Crippen LogP contribution in [0.5, 0.6) is 0 Å². The highest BCUT2D eigenvalue weighted by molar-refractivity contribution is 6.10. The molecule has 0 unspecified atom stereocenters. The number of benzene rings is 1. The molecule has 1 aromatic carbocycles. The maximum atomic E-state index is 12.4. The molecule has 0 spiro atoms. The van der Waals surface area contributed by atoms with Crippen molar-refractivity contribution in [1.82, 2.24) is 4.90 Å². The Morgan fingerprint density at radius 1 is 1.21 bits per heavy atom. The third kappa shape index (κ3) is 2.05. The minimum atomic E-state index is -1.22. The van der Waals surface area contributed by atoms with Gasteiger partial charge >= 0.3 is 0 Å². The number of aliphatic hydroxyl groups is 2. The number of carbonyl (C=O) groups excluding carboxylic acids is 2. The first-order valence-electron chi connectivity index (χ1n) is 6.26. The molecule has 1 aliphatic heterocycles. The molecule has 2 N–H and O–H groups in total. The van der Waals surface area contributed by atoms with Crippen molar-refractivity contribution in [1.29, 1.82) is 0 Å². The van der Waals surface area contributed by atoms with Crippen molar-refractivity contribution in [3.8, 4) is 0 Å². The van der Waals surface area contributed by atoms with Crippen LogP contribution < -0.4 is 0 Å². The van der Waals surface area contributed by atoms with E-state index in [1.165, 1.54) is 0 Å². The van der Waals surface area contributed by atoms with Crippen molar-refractivity contribution in [2.75, 3.05) is 13.2 Å². The summed E-state index contributed by atoms with van der Waals surface area (Å²) in [6, 6.07) is 6.91. The zero-order valence-corrected chi connectivity index (χ0v) is 10.8. The fourth-order valence-electron chi connectivity index (χ4n) is 2.41. The average molecular weight is 263 g/mol. The van der Waals surface area contributed by atoms with Crippen molar-refractivity contribution in [2.24, 2.45) is 0 Å². The number of fused-ring (bicyclic) bond motifs is 1. The Morgan fingerprint density at radius 3 is 2.42 bits per heavy atom. The van der Waals surface area contributed by atoms with Crippen LogP contribution in [0.1, 0.15) is 29.3 Å². The zero-order chi connectivity index (χ0) is 14.0. The van der Waals surface area contributed by atoms with Crippen LogP contribution in [0.25, 0.3) is 0 Å². The van der Waals surface area contributed by atoms with Crippen molar-refractivity contribution < 1.29 is 19.8 Å². The Balaban J connectivity index is 2.49. The van der Waals surface area contributed by atoms with Gasteiger partial charge in [0.2, 0.25) is 5.91 Å². The topological polar surface area (TPSA) is 77.8 Å². The summed E-state index contributed by atoms with van der Waals surface area (Å²) in [6.07, 6.45) is 0.420. The van der Waals surface area contributed by atoms with Crippen LogP contribution in [0.15, 0.2) is 24.3 Å². The molecule has 19 heavy (non-hydrogen) atoms. The number of rotatable bonds is 4. The zero-order valence-electron chi connectivity index (χ0n) is 10.8. The fourth-order valence-corrected chi connectivity index (χ4v) is 2.41. The van der Waals surface area contributed by atoms with Gasteiger partial charge in [0, 0.05) is 5.56 Å². The van der Waals surface area contributed by atoms with E-state index >= 15 is 0 Å². The molecule has 0 saturated heterocycles. The van der Waals surface area contributed by atoms with Crippen molar-refractivity contribution in [2.45, 2.75) is 25.3 Å². The quantitative estimate of drug-likeness (QED) is 0.768. The van der Waals surface area contributed by atoms with Gasteiger partial charge < -0.3 is 10.2 Å². The number of nitrogens with zero attached hydrogens (tertiary/aromatic N) is 1. The molecule has 2 amide bonds. The van der Waals surface area contributed by atoms with Crippen LogP contribution in [0.4, 0.5) is 0 Å². The van der Waals surface area contributed by atoms with Gasteiger partial charge in [-0.3, -0.25) is 14.5 Å². The van der Waals surface area contributed by atoms with E-state index in [1.54, 1.807) is 31.2 Å². The molecule has 1 aliphatic rings. The second-order valence-electron chi connectivity index (χ2n) is 4.76. The third-order valence-electron chi connectivity index (χ3n) is 3.76. The lowest BCUT2D eigenvalue weighted by molar-refractivity contribution is -0.137. The number of carbonyl (C=O) groups is 2. The van der Waals surface area contributed by atoms with E-state index in [1.807, 2.05) is 0 Å². The van der Waals surface area contributed by atoms with Gasteiger partial charge in [-0.15, -0.1) is 0 Å². The molecule has 0 aromatic heterocycles. The molecule has 0 radical (unpaired) electrons. The SMILES string of the molecule is CCC(CO)(CO)N1C(=O)Cc2ccccc2C1=O. The molecule has 5 heteroatoms. The molecular formula is C14H17NO4. The van der Waals surface area contributed by atoms with Crippen LogP contribution in [-0.2, 0) is 11.2 Å². The number of aliphatic hydroxyl groups excluding tert-OH is 2.